The van der Waals surface area contributed by atoms with Crippen molar-refractivity contribution in [3.63, 3.8) is 0 Å². The highest BCUT2D eigenvalue weighted by Crippen LogP contribution is 2.30. The standard InChI is InChI=1S/C22H24FN3O4S2/c1-2-32(28,29)18-5-3-4-16(14-18)21(27)26(9-8-25-10-12-30-13-11-25)22-24-19-7-6-17(23)15-20(19)31-22/h3-7,14-15H,2,8-13H2,1H3. The predicted octanol–water partition coefficient (Wildman–Crippen LogP) is 3.21. The number of thiazole rings is 1. The van der Waals surface area contributed by atoms with E-state index in [0.717, 1.165) is 13.1 Å². The van der Waals surface area contributed by atoms with Crippen LogP contribution >= 0.6 is 11.3 Å². The Morgan fingerprint density at radius 2 is 2.00 bits per heavy atom. The molecule has 1 aromatic heterocycles. The van der Waals surface area contributed by atoms with Crippen molar-refractivity contribution >= 4 is 42.4 Å². The van der Waals surface area contributed by atoms with Gasteiger partial charge >= 0.3 is 0 Å². The van der Waals surface area contributed by atoms with Crippen LogP contribution in [0.2, 0.25) is 0 Å². The van der Waals surface area contributed by atoms with E-state index >= 15 is 0 Å². The van der Waals surface area contributed by atoms with Crippen LogP contribution in [0.3, 0.4) is 0 Å². The Morgan fingerprint density at radius 1 is 1.22 bits per heavy atom. The van der Waals surface area contributed by atoms with E-state index in [2.05, 4.69) is 9.88 Å². The number of benzene rings is 2. The second-order valence-electron chi connectivity index (χ2n) is 7.45. The number of nitrogens with zero attached hydrogens (tertiary/aromatic N) is 3. The van der Waals surface area contributed by atoms with E-state index < -0.39 is 9.84 Å². The van der Waals surface area contributed by atoms with Gasteiger partial charge in [0.1, 0.15) is 5.82 Å². The van der Waals surface area contributed by atoms with Crippen molar-refractivity contribution in [1.29, 1.82) is 0 Å². The number of fused-ring (bicyclic) bond motifs is 1. The zero-order valence-corrected chi connectivity index (χ0v) is 19.3. The van der Waals surface area contributed by atoms with Crippen LogP contribution in [0, 0.1) is 5.82 Å². The van der Waals surface area contributed by atoms with Crippen LogP contribution in [0.1, 0.15) is 17.3 Å². The fourth-order valence-electron chi connectivity index (χ4n) is 3.50. The van der Waals surface area contributed by atoms with E-state index in [0.29, 0.717) is 41.7 Å². The number of aromatic nitrogens is 1. The third-order valence-electron chi connectivity index (χ3n) is 5.38. The molecule has 2 aromatic carbocycles. The summed E-state index contributed by atoms with van der Waals surface area (Å²) in [6.45, 7) is 5.39. The van der Waals surface area contributed by atoms with E-state index in [9.17, 15) is 17.6 Å². The van der Waals surface area contributed by atoms with Crippen molar-refractivity contribution < 1.29 is 22.3 Å². The molecule has 0 spiro atoms. The normalized spacial score (nSPS) is 15.2. The molecule has 4 rings (SSSR count). The van der Waals surface area contributed by atoms with Gasteiger partial charge in [0.2, 0.25) is 0 Å². The molecule has 1 saturated heterocycles. The first-order chi connectivity index (χ1) is 15.4. The average molecular weight is 478 g/mol. The van der Waals surface area contributed by atoms with Crippen LogP contribution in [-0.2, 0) is 14.6 Å². The molecular weight excluding hydrogens is 453 g/mol. The molecule has 0 unspecified atom stereocenters. The average Bonchev–Trinajstić information content (AvgIpc) is 3.22. The van der Waals surface area contributed by atoms with Crippen LogP contribution in [0.25, 0.3) is 10.2 Å². The summed E-state index contributed by atoms with van der Waals surface area (Å²) >= 11 is 1.24. The molecule has 0 radical (unpaired) electrons. The summed E-state index contributed by atoms with van der Waals surface area (Å²) in [7, 11) is -3.45. The first-order valence-electron chi connectivity index (χ1n) is 10.4. The number of amides is 1. The van der Waals surface area contributed by atoms with Gasteiger partial charge in [0.05, 0.1) is 34.1 Å². The molecule has 32 heavy (non-hydrogen) atoms. The molecule has 0 saturated carbocycles. The quantitative estimate of drug-likeness (QED) is 0.520. The Kier molecular flexibility index (Phi) is 6.85. The van der Waals surface area contributed by atoms with Gasteiger partial charge < -0.3 is 4.74 Å². The highest BCUT2D eigenvalue weighted by molar-refractivity contribution is 7.91. The van der Waals surface area contributed by atoms with E-state index in [1.165, 1.54) is 35.6 Å². The largest absolute Gasteiger partial charge is 0.379 e. The molecule has 7 nitrogen and oxygen atoms in total. The number of hydrogen-bond acceptors (Lipinski definition) is 7. The van der Waals surface area contributed by atoms with Gasteiger partial charge in [-0.15, -0.1) is 0 Å². The highest BCUT2D eigenvalue weighted by atomic mass is 32.2. The zero-order valence-electron chi connectivity index (χ0n) is 17.7. The molecule has 10 heteroatoms. The lowest BCUT2D eigenvalue weighted by Crippen LogP contribution is -2.43. The molecular formula is C22H24FN3O4S2. The summed E-state index contributed by atoms with van der Waals surface area (Å²) < 4.78 is 44.3. The predicted molar refractivity (Wildman–Crippen MR) is 123 cm³/mol. The molecule has 0 bridgehead atoms. The number of carbonyl (C=O) groups excluding carboxylic acids is 1. The molecule has 1 aliphatic rings. The van der Waals surface area contributed by atoms with Gasteiger partial charge in [-0.05, 0) is 36.4 Å². The van der Waals surface area contributed by atoms with Gasteiger partial charge in [0, 0.05) is 31.7 Å². The number of rotatable bonds is 7. The second-order valence-corrected chi connectivity index (χ2v) is 10.7. The van der Waals surface area contributed by atoms with Gasteiger partial charge in [-0.1, -0.05) is 24.3 Å². The maximum atomic E-state index is 13.7. The van der Waals surface area contributed by atoms with Gasteiger partial charge in [-0.3, -0.25) is 14.6 Å². The molecule has 1 fully saturated rings. The lowest BCUT2D eigenvalue weighted by Gasteiger charge is -2.29. The Morgan fingerprint density at radius 3 is 2.75 bits per heavy atom. The molecule has 3 aromatic rings. The fraction of sp³-hybridized carbons (Fsp3) is 0.364. The Labute approximate surface area is 190 Å². The number of morpholine rings is 1. The topological polar surface area (TPSA) is 79.8 Å². The first-order valence-corrected chi connectivity index (χ1v) is 12.8. The van der Waals surface area contributed by atoms with Crippen LogP contribution < -0.4 is 4.90 Å². The monoisotopic (exact) mass is 477 g/mol. The Balaban J connectivity index is 1.67. The number of hydrogen-bond donors (Lipinski definition) is 0. The third-order valence-corrected chi connectivity index (χ3v) is 8.15. The summed E-state index contributed by atoms with van der Waals surface area (Å²) in [6, 6.07) is 10.4. The molecule has 2 heterocycles. The highest BCUT2D eigenvalue weighted by Gasteiger charge is 2.24. The molecule has 1 amide bonds. The van der Waals surface area contributed by atoms with E-state index in [4.69, 9.17) is 4.74 Å². The van der Waals surface area contributed by atoms with Crippen molar-refractivity contribution in [3.8, 4) is 0 Å². The Hall–Kier alpha value is -2.40. The molecule has 170 valence electrons. The van der Waals surface area contributed by atoms with Crippen LogP contribution in [0.5, 0.6) is 0 Å². The number of halogens is 1. The van der Waals surface area contributed by atoms with Gasteiger partial charge in [0.15, 0.2) is 15.0 Å². The summed E-state index contributed by atoms with van der Waals surface area (Å²) in [5.74, 6) is -0.753. The van der Waals surface area contributed by atoms with Crippen LogP contribution in [-0.4, -0.2) is 69.4 Å². The van der Waals surface area contributed by atoms with Crippen LogP contribution in [0.4, 0.5) is 9.52 Å². The SMILES string of the molecule is CCS(=O)(=O)c1cccc(C(=O)N(CCN2CCOCC2)c2nc3ccc(F)cc3s2)c1. The van der Waals surface area contributed by atoms with E-state index in [1.807, 2.05) is 0 Å². The van der Waals surface area contributed by atoms with E-state index in [-0.39, 0.29) is 27.9 Å². The van der Waals surface area contributed by atoms with E-state index in [1.54, 1.807) is 30.0 Å². The number of anilines is 1. The van der Waals surface area contributed by atoms with Gasteiger partial charge in [-0.2, -0.15) is 0 Å². The van der Waals surface area contributed by atoms with Crippen molar-refractivity contribution in [2.75, 3.05) is 50.0 Å². The minimum absolute atomic E-state index is 0.0468. The third kappa shape index (κ3) is 4.98. The molecule has 1 aliphatic heterocycles. The Bertz CT molecular complexity index is 1220. The van der Waals surface area contributed by atoms with Crippen molar-refractivity contribution in [1.82, 2.24) is 9.88 Å². The minimum Gasteiger partial charge on any atom is -0.379 e. The maximum absolute atomic E-state index is 13.7. The molecule has 0 aliphatic carbocycles. The fourth-order valence-corrected chi connectivity index (χ4v) is 5.44. The smallest absolute Gasteiger partial charge is 0.260 e. The van der Waals surface area contributed by atoms with Crippen molar-refractivity contribution in [2.45, 2.75) is 11.8 Å². The number of carbonyl (C=O) groups is 1. The summed E-state index contributed by atoms with van der Waals surface area (Å²) in [6.07, 6.45) is 0. The maximum Gasteiger partial charge on any atom is 0.260 e. The van der Waals surface area contributed by atoms with Crippen LogP contribution in [0.15, 0.2) is 47.4 Å². The zero-order chi connectivity index (χ0) is 22.7. The molecule has 0 N–H and O–H groups in total. The summed E-state index contributed by atoms with van der Waals surface area (Å²) in [4.78, 5) is 21.9. The van der Waals surface area contributed by atoms with Gasteiger partial charge in [-0.25, -0.2) is 17.8 Å². The van der Waals surface area contributed by atoms with Gasteiger partial charge in [0.25, 0.3) is 5.91 Å². The summed E-state index contributed by atoms with van der Waals surface area (Å²) in [5.41, 5.74) is 0.879. The van der Waals surface area contributed by atoms with Crippen molar-refractivity contribution in [3.05, 3.63) is 53.8 Å². The second kappa shape index (κ2) is 9.62. The lowest BCUT2D eigenvalue weighted by atomic mass is 10.2. The minimum atomic E-state index is -3.45. The number of sulfone groups is 1. The molecule has 0 atom stereocenters. The summed E-state index contributed by atoms with van der Waals surface area (Å²) in [5, 5.41) is 0.451. The van der Waals surface area contributed by atoms with Crippen molar-refractivity contribution in [2.24, 2.45) is 0 Å². The first kappa shape index (κ1) is 22.8. The lowest BCUT2D eigenvalue weighted by molar-refractivity contribution is 0.0391. The number of ether oxygens (including phenoxy) is 1.